The number of hydrogen-bond donors (Lipinski definition) is 0. The van der Waals surface area contributed by atoms with Crippen LogP contribution in [0.1, 0.15) is 6.42 Å². The summed E-state index contributed by atoms with van der Waals surface area (Å²) in [5.74, 6) is 2.52. The Hall–Kier alpha value is -0.280. The Labute approximate surface area is 88.6 Å². The van der Waals surface area contributed by atoms with E-state index in [2.05, 4.69) is 10.8 Å². The van der Waals surface area contributed by atoms with Crippen LogP contribution in [0.15, 0.2) is 0 Å². The zero-order chi connectivity index (χ0) is 10.4. The first-order valence-corrected chi connectivity index (χ1v) is 6.63. The van der Waals surface area contributed by atoms with Crippen molar-refractivity contribution in [1.82, 2.24) is 4.90 Å². The van der Waals surface area contributed by atoms with Crippen LogP contribution in [-0.4, -0.2) is 46.2 Å². The molecule has 0 atom stereocenters. The molecular weight excluding hydrogens is 226 g/mol. The molecule has 0 saturated carbocycles. The van der Waals surface area contributed by atoms with Gasteiger partial charge >= 0.3 is 9.05 Å². The largest absolute Gasteiger partial charge is 0.379 e. The molecule has 80 valence electrons. The maximum absolute atomic E-state index is 10.4. The normalized spacial score (nSPS) is 18.6. The fourth-order valence-corrected chi connectivity index (χ4v) is 1.61. The zero-order valence-corrected chi connectivity index (χ0v) is 9.27. The minimum Gasteiger partial charge on any atom is -0.379 e. The predicted octanol–water partition coefficient (Wildman–Crippen LogP) is 0.238. The van der Waals surface area contributed by atoms with Gasteiger partial charge in [0, 0.05) is 42.0 Å². The Kier molecular flexibility index (Phi) is 4.69. The molecule has 1 aliphatic rings. The summed E-state index contributed by atoms with van der Waals surface area (Å²) >= 11 is 0. The summed E-state index contributed by atoms with van der Waals surface area (Å²) < 4.78 is 26.0. The Balaban J connectivity index is 2.22. The summed E-state index contributed by atoms with van der Waals surface area (Å²) in [6.07, 6.45) is 0.520. The molecule has 14 heavy (non-hydrogen) atoms. The summed E-state index contributed by atoms with van der Waals surface area (Å²) in [6.45, 7) is 4.01. The second-order valence-corrected chi connectivity index (χ2v) is 5.22. The maximum atomic E-state index is 10.4. The van der Waals surface area contributed by atoms with Gasteiger partial charge < -0.3 is 4.74 Å². The van der Waals surface area contributed by atoms with Gasteiger partial charge in [0.15, 0.2) is 0 Å². The highest BCUT2D eigenvalue weighted by molar-refractivity contribution is 8.17. The van der Waals surface area contributed by atoms with Crippen molar-refractivity contribution in [2.75, 3.05) is 32.8 Å². The van der Waals surface area contributed by atoms with Gasteiger partial charge in [-0.15, -0.1) is 0 Å². The third kappa shape index (κ3) is 5.45. The lowest BCUT2D eigenvalue weighted by molar-refractivity contribution is 0.0390. The van der Waals surface area contributed by atoms with Crippen molar-refractivity contribution in [3.8, 4) is 11.2 Å². The molecule has 0 aromatic carbocycles. The van der Waals surface area contributed by atoms with E-state index in [0.29, 0.717) is 6.42 Å². The van der Waals surface area contributed by atoms with E-state index in [-0.39, 0.29) is 0 Å². The highest BCUT2D eigenvalue weighted by atomic mass is 35.7. The number of rotatable bonds is 2. The lowest BCUT2D eigenvalue weighted by Gasteiger charge is -2.25. The Bertz CT molecular complexity index is 324. The van der Waals surface area contributed by atoms with Gasteiger partial charge in [0.25, 0.3) is 0 Å². The summed E-state index contributed by atoms with van der Waals surface area (Å²) in [4.78, 5) is 2.18. The number of nitrogens with zero attached hydrogens (tertiary/aromatic N) is 1. The highest BCUT2D eigenvalue weighted by Gasteiger charge is 2.08. The van der Waals surface area contributed by atoms with Crippen molar-refractivity contribution in [3.63, 3.8) is 0 Å². The second kappa shape index (κ2) is 5.56. The van der Waals surface area contributed by atoms with Gasteiger partial charge in [-0.3, -0.25) is 4.90 Å². The van der Waals surface area contributed by atoms with E-state index in [4.69, 9.17) is 15.4 Å². The zero-order valence-electron chi connectivity index (χ0n) is 7.70. The third-order valence-electron chi connectivity index (χ3n) is 1.85. The first-order chi connectivity index (χ1) is 6.58. The van der Waals surface area contributed by atoms with E-state index in [1.165, 1.54) is 0 Å². The lowest BCUT2D eigenvalue weighted by Crippen LogP contribution is -2.36. The minimum atomic E-state index is -3.66. The summed E-state index contributed by atoms with van der Waals surface area (Å²) in [6, 6.07) is 0. The number of ether oxygens (including phenoxy) is 1. The average Bonchev–Trinajstić information content (AvgIpc) is 2.13. The molecule has 0 unspecified atom stereocenters. The summed E-state index contributed by atoms with van der Waals surface area (Å²) in [5.41, 5.74) is 0. The fraction of sp³-hybridized carbons (Fsp3) is 0.750. The Morgan fingerprint density at radius 3 is 2.57 bits per heavy atom. The first kappa shape index (κ1) is 11.8. The molecule has 0 N–H and O–H groups in total. The van der Waals surface area contributed by atoms with Gasteiger partial charge in [-0.25, -0.2) is 0 Å². The van der Waals surface area contributed by atoms with Crippen LogP contribution in [0.3, 0.4) is 0 Å². The number of hydrogen-bond acceptors (Lipinski definition) is 4. The molecule has 1 fully saturated rings. The molecule has 0 aromatic heterocycles. The molecule has 0 aromatic rings. The topological polar surface area (TPSA) is 46.6 Å². The van der Waals surface area contributed by atoms with E-state index in [0.717, 1.165) is 32.8 Å². The highest BCUT2D eigenvalue weighted by Crippen LogP contribution is 1.98. The van der Waals surface area contributed by atoms with Crippen LogP contribution in [0.4, 0.5) is 0 Å². The molecule has 1 rings (SSSR count). The average molecular weight is 238 g/mol. The fourth-order valence-electron chi connectivity index (χ4n) is 1.18. The Morgan fingerprint density at radius 1 is 1.36 bits per heavy atom. The van der Waals surface area contributed by atoms with Crippen LogP contribution >= 0.6 is 10.7 Å². The molecule has 0 aliphatic carbocycles. The van der Waals surface area contributed by atoms with E-state index in [1.54, 1.807) is 0 Å². The van der Waals surface area contributed by atoms with Gasteiger partial charge in [-0.05, 0) is 0 Å². The molecule has 0 bridgehead atoms. The van der Waals surface area contributed by atoms with E-state index < -0.39 is 9.05 Å². The van der Waals surface area contributed by atoms with Crippen molar-refractivity contribution in [1.29, 1.82) is 0 Å². The quantitative estimate of drug-likeness (QED) is 0.510. The standard InChI is InChI=1S/C8H12ClNO3S/c9-14(11,12)8-2-1-3-10-4-6-13-7-5-10/h1,3-7H2. The maximum Gasteiger partial charge on any atom is 0.300 e. The molecular formula is C8H12ClNO3S. The van der Waals surface area contributed by atoms with Gasteiger partial charge in [-0.1, -0.05) is 5.92 Å². The molecule has 0 amide bonds. The molecule has 1 aliphatic heterocycles. The monoisotopic (exact) mass is 237 g/mol. The smallest absolute Gasteiger partial charge is 0.300 e. The van der Waals surface area contributed by atoms with Crippen LogP contribution < -0.4 is 0 Å². The molecule has 4 nitrogen and oxygen atoms in total. The predicted molar refractivity (Wildman–Crippen MR) is 54.4 cm³/mol. The summed E-state index contributed by atoms with van der Waals surface area (Å²) in [5, 5.41) is 1.99. The molecule has 6 heteroatoms. The van der Waals surface area contributed by atoms with Crippen molar-refractivity contribution in [2.24, 2.45) is 0 Å². The number of morpholine rings is 1. The SMILES string of the molecule is O=S(=O)(Cl)C#CCCN1CCOCC1. The van der Waals surface area contributed by atoms with E-state index in [1.807, 2.05) is 5.25 Å². The van der Waals surface area contributed by atoms with Crippen LogP contribution in [0.5, 0.6) is 0 Å². The van der Waals surface area contributed by atoms with Crippen molar-refractivity contribution >= 4 is 19.7 Å². The third-order valence-corrected chi connectivity index (χ3v) is 2.47. The molecule has 0 radical (unpaired) electrons. The van der Waals surface area contributed by atoms with Crippen LogP contribution in [-0.2, 0) is 13.8 Å². The van der Waals surface area contributed by atoms with Crippen LogP contribution in [0.2, 0.25) is 0 Å². The van der Waals surface area contributed by atoms with Crippen molar-refractivity contribution < 1.29 is 13.2 Å². The lowest BCUT2D eigenvalue weighted by atomic mass is 10.3. The Morgan fingerprint density at radius 2 is 2.00 bits per heavy atom. The molecule has 1 saturated heterocycles. The van der Waals surface area contributed by atoms with Gasteiger partial charge in [-0.2, -0.15) is 8.42 Å². The number of halogens is 1. The van der Waals surface area contributed by atoms with Crippen molar-refractivity contribution in [3.05, 3.63) is 0 Å². The van der Waals surface area contributed by atoms with Crippen LogP contribution in [0, 0.1) is 11.2 Å². The van der Waals surface area contributed by atoms with E-state index >= 15 is 0 Å². The van der Waals surface area contributed by atoms with Gasteiger partial charge in [0.1, 0.15) is 0 Å². The van der Waals surface area contributed by atoms with Gasteiger partial charge in [0.2, 0.25) is 0 Å². The molecule has 1 heterocycles. The van der Waals surface area contributed by atoms with Crippen molar-refractivity contribution in [2.45, 2.75) is 6.42 Å². The molecule has 0 spiro atoms. The second-order valence-electron chi connectivity index (χ2n) is 2.92. The van der Waals surface area contributed by atoms with Crippen LogP contribution in [0.25, 0.3) is 0 Å². The first-order valence-electron chi connectivity index (χ1n) is 4.32. The minimum absolute atomic E-state index is 0.520. The van der Waals surface area contributed by atoms with Gasteiger partial charge in [0.05, 0.1) is 13.2 Å². The summed E-state index contributed by atoms with van der Waals surface area (Å²) in [7, 11) is 1.26. The van der Waals surface area contributed by atoms with E-state index in [9.17, 15) is 8.42 Å².